The number of carbonyl (C=O) groups is 1. The van der Waals surface area contributed by atoms with Crippen LogP contribution in [0.25, 0.3) is 0 Å². The monoisotopic (exact) mass is 677 g/mol. The zero-order valence-corrected chi connectivity index (χ0v) is 29.2. The second-order valence-electron chi connectivity index (χ2n) is 12.5. The standard InChI is InChI=1S/C31H42FN6O8P/c1-29(2,40)12-13-30(3,4)46-47-44-17-38(18-14-21(41-7)24(43-9)22(15-18)42-8)28-33-16-19(32)25(37-28)34-23-11-10-20-26(35-23)36-27(39)31(5,6)45-20/h10-11,14-16,40H,12-13,17,47H2,1-9H3,(H-,33,34,35,36,37,39)/p+1. The van der Waals surface area contributed by atoms with E-state index in [0.717, 1.165) is 6.20 Å². The van der Waals surface area contributed by atoms with Crippen molar-refractivity contribution in [1.82, 2.24) is 15.0 Å². The lowest BCUT2D eigenvalue weighted by molar-refractivity contribution is -0.129. The average molecular weight is 678 g/mol. The first kappa shape index (κ1) is 35.8. The number of rotatable bonds is 15. The fraction of sp³-hybridized carbons (Fsp3) is 0.484. The third-order valence-corrected chi connectivity index (χ3v) is 8.18. The highest BCUT2D eigenvalue weighted by Gasteiger charge is 2.36. The Kier molecular flexibility index (Phi) is 11.0. The highest BCUT2D eigenvalue weighted by atomic mass is 31.1. The number of hydrogen-bond acceptors (Lipinski definition) is 13. The highest BCUT2D eigenvalue weighted by Crippen LogP contribution is 2.43. The molecule has 2 aromatic heterocycles. The van der Waals surface area contributed by atoms with Crippen LogP contribution in [0.1, 0.15) is 54.4 Å². The predicted octanol–water partition coefficient (Wildman–Crippen LogP) is 5.59. The third-order valence-electron chi connectivity index (χ3n) is 7.16. The van der Waals surface area contributed by atoms with E-state index < -0.39 is 31.7 Å². The number of ether oxygens (including phenoxy) is 4. The molecule has 14 nitrogen and oxygen atoms in total. The molecular weight excluding hydrogens is 634 g/mol. The lowest BCUT2D eigenvalue weighted by Crippen LogP contribution is -2.46. The van der Waals surface area contributed by atoms with Gasteiger partial charge in [0, 0.05) is 12.1 Å². The van der Waals surface area contributed by atoms with Crippen molar-refractivity contribution in [3.05, 3.63) is 36.3 Å². The minimum absolute atomic E-state index is 0.0696. The van der Waals surface area contributed by atoms with Crippen molar-refractivity contribution >= 4 is 44.0 Å². The van der Waals surface area contributed by atoms with Crippen molar-refractivity contribution < 1.29 is 42.3 Å². The minimum atomic E-state index is -1.06. The van der Waals surface area contributed by atoms with E-state index in [2.05, 4.69) is 25.6 Å². The molecule has 256 valence electrons. The largest absolute Gasteiger partial charge is 0.493 e. The van der Waals surface area contributed by atoms with Crippen LogP contribution in [0.2, 0.25) is 0 Å². The summed E-state index contributed by atoms with van der Waals surface area (Å²) in [5.74, 6) is 0.669. The predicted molar refractivity (Wildman–Crippen MR) is 177 cm³/mol. The third kappa shape index (κ3) is 9.07. The Hall–Kier alpha value is -4.04. The average Bonchev–Trinajstić information content (AvgIpc) is 3.01. The summed E-state index contributed by atoms with van der Waals surface area (Å²) in [7, 11) is 3.51. The summed E-state index contributed by atoms with van der Waals surface area (Å²) in [5, 5.41) is 15.7. The van der Waals surface area contributed by atoms with Gasteiger partial charge >= 0.3 is 0 Å². The van der Waals surface area contributed by atoms with Crippen LogP contribution in [-0.2, 0) is 13.8 Å². The molecule has 1 aliphatic rings. The number of benzene rings is 1. The van der Waals surface area contributed by atoms with Crippen molar-refractivity contribution in [2.45, 2.75) is 71.2 Å². The van der Waals surface area contributed by atoms with Gasteiger partial charge in [-0.25, -0.2) is 18.9 Å². The summed E-state index contributed by atoms with van der Waals surface area (Å²) in [6, 6.07) is 6.56. The van der Waals surface area contributed by atoms with E-state index in [0.29, 0.717) is 41.5 Å². The summed E-state index contributed by atoms with van der Waals surface area (Å²) >= 11 is 0. The molecule has 1 amide bonds. The molecule has 0 radical (unpaired) electrons. The topological polar surface area (TPSA) is 159 Å². The van der Waals surface area contributed by atoms with Gasteiger partial charge in [-0.3, -0.25) is 9.69 Å². The normalized spacial score (nSPS) is 14.3. The molecule has 3 N–H and O–H groups in total. The van der Waals surface area contributed by atoms with Gasteiger partial charge in [-0.1, -0.05) is 0 Å². The summed E-state index contributed by atoms with van der Waals surface area (Å²) in [6.07, 6.45) is 2.18. The van der Waals surface area contributed by atoms with E-state index >= 15 is 4.39 Å². The number of hydrogen-bond donors (Lipinski definition) is 3. The fourth-order valence-electron chi connectivity index (χ4n) is 4.37. The number of amides is 1. The molecule has 0 saturated carbocycles. The van der Waals surface area contributed by atoms with Gasteiger partial charge in [-0.2, -0.15) is 9.51 Å². The maximum absolute atomic E-state index is 15.1. The summed E-state index contributed by atoms with van der Waals surface area (Å²) in [6.45, 7) is 10.6. The molecule has 0 spiro atoms. The fourth-order valence-corrected chi connectivity index (χ4v) is 5.03. The van der Waals surface area contributed by atoms with Crippen LogP contribution in [0.15, 0.2) is 30.5 Å². The van der Waals surface area contributed by atoms with Crippen LogP contribution in [0, 0.1) is 5.82 Å². The Labute approximate surface area is 275 Å². The number of nitrogens with one attached hydrogen (secondary N) is 2. The highest BCUT2D eigenvalue weighted by molar-refractivity contribution is 7.26. The number of aromatic nitrogens is 3. The van der Waals surface area contributed by atoms with Gasteiger partial charge in [0.25, 0.3) is 14.9 Å². The van der Waals surface area contributed by atoms with Gasteiger partial charge < -0.3 is 34.7 Å². The molecule has 0 aliphatic carbocycles. The molecule has 0 saturated heterocycles. The number of pyridine rings is 1. The molecule has 1 aromatic carbocycles. The van der Waals surface area contributed by atoms with Crippen LogP contribution in [0.4, 0.5) is 33.5 Å². The summed E-state index contributed by atoms with van der Waals surface area (Å²) in [4.78, 5) is 27.0. The van der Waals surface area contributed by atoms with Crippen LogP contribution in [-0.4, -0.2) is 70.8 Å². The van der Waals surface area contributed by atoms with Crippen molar-refractivity contribution in [1.29, 1.82) is 0 Å². The molecule has 4 rings (SSSR count). The minimum Gasteiger partial charge on any atom is -0.493 e. The Bertz CT molecular complexity index is 1560. The maximum Gasteiger partial charge on any atom is 0.269 e. The van der Waals surface area contributed by atoms with Crippen molar-refractivity contribution in [2.24, 2.45) is 0 Å². The van der Waals surface area contributed by atoms with E-state index in [4.69, 9.17) is 28.0 Å². The molecule has 0 fully saturated rings. The number of halogens is 1. The van der Waals surface area contributed by atoms with Crippen LogP contribution in [0.3, 0.4) is 0 Å². The lowest BCUT2D eigenvalue weighted by atomic mass is 9.94. The van der Waals surface area contributed by atoms with E-state index in [-0.39, 0.29) is 36.0 Å². The van der Waals surface area contributed by atoms with Gasteiger partial charge in [0.05, 0.1) is 38.8 Å². The van der Waals surface area contributed by atoms with Crippen molar-refractivity contribution in [2.75, 3.05) is 43.6 Å². The first-order valence-corrected chi connectivity index (χ1v) is 15.7. The SMILES string of the molecule is COc1cc(N(CO[PH2+]OC(C)(C)CCC(C)(C)O)c2ncc(F)c(Nc3ccc4c(n3)NC(=O)C(C)(C)O4)n2)cc(OC)c1OC. The summed E-state index contributed by atoms with van der Waals surface area (Å²) in [5.41, 5.74) is -1.93. The summed E-state index contributed by atoms with van der Waals surface area (Å²) < 4.78 is 49.5. The van der Waals surface area contributed by atoms with E-state index in [1.165, 1.54) is 21.3 Å². The quantitative estimate of drug-likeness (QED) is 0.104. The second kappa shape index (κ2) is 14.4. The van der Waals surface area contributed by atoms with Crippen LogP contribution >= 0.6 is 9.03 Å². The van der Waals surface area contributed by atoms with Crippen molar-refractivity contribution in [3.8, 4) is 23.0 Å². The molecule has 47 heavy (non-hydrogen) atoms. The molecule has 1 unspecified atom stereocenters. The van der Waals surface area contributed by atoms with Gasteiger partial charge in [0.2, 0.25) is 11.7 Å². The van der Waals surface area contributed by atoms with Gasteiger partial charge in [-0.05, 0) is 66.5 Å². The van der Waals surface area contributed by atoms with Gasteiger partial charge in [-0.15, -0.1) is 0 Å². The van der Waals surface area contributed by atoms with Crippen LogP contribution < -0.4 is 34.5 Å². The molecule has 0 bridgehead atoms. The molecule has 16 heteroatoms. The van der Waals surface area contributed by atoms with E-state index in [1.54, 1.807) is 56.9 Å². The zero-order chi connectivity index (χ0) is 34.6. The molecule has 3 aromatic rings. The number of aliphatic hydroxyl groups is 1. The van der Waals surface area contributed by atoms with Crippen LogP contribution in [0.5, 0.6) is 23.0 Å². The first-order valence-electron chi connectivity index (χ1n) is 14.8. The lowest BCUT2D eigenvalue weighted by Gasteiger charge is -2.30. The second-order valence-corrected chi connectivity index (χ2v) is 13.3. The Morgan fingerprint density at radius 1 is 1.06 bits per heavy atom. The maximum atomic E-state index is 15.1. The van der Waals surface area contributed by atoms with Gasteiger partial charge in [0.15, 0.2) is 47.0 Å². The van der Waals surface area contributed by atoms with Gasteiger partial charge in [0.1, 0.15) is 11.4 Å². The van der Waals surface area contributed by atoms with E-state index in [9.17, 15) is 9.90 Å². The van der Waals surface area contributed by atoms with Crippen molar-refractivity contribution in [3.63, 3.8) is 0 Å². The molecule has 1 aliphatic heterocycles. The number of fused-ring (bicyclic) bond motifs is 1. The molecular formula is C31H43FN6O8P+. The Balaban J connectivity index is 1.63. The Morgan fingerprint density at radius 3 is 2.36 bits per heavy atom. The Morgan fingerprint density at radius 2 is 1.74 bits per heavy atom. The van der Waals surface area contributed by atoms with E-state index in [1.807, 2.05) is 13.8 Å². The number of carbonyl (C=O) groups excluding carboxylic acids is 1. The smallest absolute Gasteiger partial charge is 0.269 e. The number of methoxy groups -OCH3 is 3. The zero-order valence-electron chi connectivity index (χ0n) is 28.1. The first-order chi connectivity index (χ1) is 22.1. The molecule has 1 atom stereocenters. The molecule has 3 heterocycles. The number of anilines is 5. The number of nitrogens with zero attached hydrogens (tertiary/aromatic N) is 4.